The van der Waals surface area contributed by atoms with Gasteiger partial charge in [0, 0.05) is 11.3 Å². The largest absolute Gasteiger partial charge is 0.342 e. The van der Waals surface area contributed by atoms with E-state index in [1.54, 1.807) is 11.3 Å². The van der Waals surface area contributed by atoms with Crippen LogP contribution in [-0.2, 0) is 6.42 Å². The Labute approximate surface area is 98.0 Å². The summed E-state index contributed by atoms with van der Waals surface area (Å²) in [6.07, 6.45) is 0.894. The molecule has 0 atom stereocenters. The molecule has 0 unspecified atom stereocenters. The Hall–Kier alpha value is -1.61. The van der Waals surface area contributed by atoms with Gasteiger partial charge in [0.25, 0.3) is 0 Å². The van der Waals surface area contributed by atoms with Gasteiger partial charge in [0.1, 0.15) is 5.82 Å². The van der Waals surface area contributed by atoms with Gasteiger partial charge in [0.2, 0.25) is 0 Å². The normalized spacial score (nSPS) is 11.1. The Bertz CT molecular complexity index is 608. The van der Waals surface area contributed by atoms with Crippen molar-refractivity contribution in [1.29, 1.82) is 0 Å². The fraction of sp³-hybridized carbons (Fsp3) is 0.154. The lowest BCUT2D eigenvalue weighted by molar-refractivity contribution is 1.06. The number of hydrogen-bond acceptors (Lipinski definition) is 2. The number of aryl methyl sites for hydroxylation is 1. The number of thiophene rings is 1. The van der Waals surface area contributed by atoms with Gasteiger partial charge >= 0.3 is 0 Å². The topological polar surface area (TPSA) is 28.7 Å². The first kappa shape index (κ1) is 9.60. The molecule has 2 heterocycles. The zero-order valence-corrected chi connectivity index (χ0v) is 9.84. The Balaban J connectivity index is 1.99. The first-order valence-electron chi connectivity index (χ1n) is 5.29. The number of benzene rings is 1. The number of aromatic amines is 1. The van der Waals surface area contributed by atoms with Gasteiger partial charge in [0.05, 0.1) is 11.0 Å². The van der Waals surface area contributed by atoms with Crippen molar-refractivity contribution in [2.45, 2.75) is 13.3 Å². The van der Waals surface area contributed by atoms with Crippen LogP contribution < -0.4 is 0 Å². The molecular weight excluding hydrogens is 216 g/mol. The second-order valence-electron chi connectivity index (χ2n) is 3.96. The highest BCUT2D eigenvalue weighted by atomic mass is 32.1. The van der Waals surface area contributed by atoms with E-state index in [-0.39, 0.29) is 0 Å². The summed E-state index contributed by atoms with van der Waals surface area (Å²) in [5.74, 6) is 1.04. The minimum absolute atomic E-state index is 0.894. The van der Waals surface area contributed by atoms with E-state index in [2.05, 4.69) is 52.6 Å². The first-order valence-corrected chi connectivity index (χ1v) is 6.17. The summed E-state index contributed by atoms with van der Waals surface area (Å²) < 4.78 is 0. The second-order valence-corrected chi connectivity index (χ2v) is 4.99. The molecule has 16 heavy (non-hydrogen) atoms. The molecule has 0 aliphatic rings. The highest BCUT2D eigenvalue weighted by Gasteiger charge is 2.04. The summed E-state index contributed by atoms with van der Waals surface area (Å²) in [6.45, 7) is 2.10. The van der Waals surface area contributed by atoms with Gasteiger partial charge in [-0.2, -0.15) is 0 Å². The molecule has 0 saturated carbocycles. The maximum atomic E-state index is 4.58. The third kappa shape index (κ3) is 1.74. The van der Waals surface area contributed by atoms with E-state index in [0.717, 1.165) is 23.3 Å². The van der Waals surface area contributed by atoms with Gasteiger partial charge in [0.15, 0.2) is 0 Å². The minimum Gasteiger partial charge on any atom is -0.342 e. The molecule has 3 heteroatoms. The number of hydrogen-bond donors (Lipinski definition) is 1. The van der Waals surface area contributed by atoms with Crippen LogP contribution in [0.3, 0.4) is 0 Å². The van der Waals surface area contributed by atoms with Crippen LogP contribution in [0.1, 0.15) is 16.3 Å². The van der Waals surface area contributed by atoms with Crippen molar-refractivity contribution in [3.8, 4) is 0 Å². The summed E-state index contributed by atoms with van der Waals surface area (Å²) in [6, 6.07) is 10.5. The molecule has 3 aromatic rings. The molecule has 0 spiro atoms. The highest BCUT2D eigenvalue weighted by molar-refractivity contribution is 7.09. The number of imidazole rings is 1. The molecule has 0 saturated heterocycles. The molecule has 3 rings (SSSR count). The van der Waals surface area contributed by atoms with Crippen molar-refractivity contribution in [3.63, 3.8) is 0 Å². The molecule has 2 nitrogen and oxygen atoms in total. The Morgan fingerprint density at radius 1 is 1.31 bits per heavy atom. The van der Waals surface area contributed by atoms with Gasteiger partial charge in [-0.25, -0.2) is 4.98 Å². The second kappa shape index (κ2) is 3.76. The average Bonchev–Trinajstić information content (AvgIpc) is 2.86. The van der Waals surface area contributed by atoms with Gasteiger partial charge in [-0.15, -0.1) is 11.3 Å². The summed E-state index contributed by atoms with van der Waals surface area (Å²) in [7, 11) is 0. The van der Waals surface area contributed by atoms with Gasteiger partial charge in [-0.05, 0) is 36.1 Å². The number of rotatable bonds is 2. The van der Waals surface area contributed by atoms with Gasteiger partial charge in [-0.1, -0.05) is 12.1 Å². The maximum Gasteiger partial charge on any atom is 0.112 e. The molecule has 0 aliphatic carbocycles. The van der Waals surface area contributed by atoms with Crippen molar-refractivity contribution in [2.24, 2.45) is 0 Å². The number of fused-ring (bicyclic) bond motifs is 1. The van der Waals surface area contributed by atoms with Crippen LogP contribution in [0.4, 0.5) is 0 Å². The van der Waals surface area contributed by atoms with Crippen LogP contribution in [0.15, 0.2) is 35.7 Å². The number of nitrogens with one attached hydrogen (secondary N) is 1. The van der Waals surface area contributed by atoms with Crippen molar-refractivity contribution < 1.29 is 0 Å². The molecule has 0 radical (unpaired) electrons. The van der Waals surface area contributed by atoms with E-state index in [1.807, 2.05) is 0 Å². The highest BCUT2D eigenvalue weighted by Crippen LogP contribution is 2.17. The molecule has 0 bridgehead atoms. The van der Waals surface area contributed by atoms with Crippen LogP contribution >= 0.6 is 11.3 Å². The summed E-state index contributed by atoms with van der Waals surface area (Å²) in [5, 5.41) is 2.10. The molecule has 0 aliphatic heterocycles. The fourth-order valence-corrected chi connectivity index (χ4v) is 2.55. The first-order chi connectivity index (χ1) is 7.81. The predicted octanol–water partition coefficient (Wildman–Crippen LogP) is 3.52. The number of nitrogens with zero attached hydrogens (tertiary/aromatic N) is 1. The Morgan fingerprint density at radius 2 is 2.25 bits per heavy atom. The Kier molecular flexibility index (Phi) is 2.26. The van der Waals surface area contributed by atoms with Crippen molar-refractivity contribution in [1.82, 2.24) is 9.97 Å². The van der Waals surface area contributed by atoms with Crippen LogP contribution in [0.5, 0.6) is 0 Å². The quantitative estimate of drug-likeness (QED) is 0.714. The van der Waals surface area contributed by atoms with Crippen LogP contribution in [0.2, 0.25) is 0 Å². The van der Waals surface area contributed by atoms with Gasteiger partial charge in [-0.3, -0.25) is 0 Å². The van der Waals surface area contributed by atoms with E-state index in [1.165, 1.54) is 10.4 Å². The Morgan fingerprint density at radius 3 is 3.06 bits per heavy atom. The number of H-pyrrole nitrogens is 1. The standard InChI is InChI=1S/C13H12N2S/c1-9-4-5-11-12(7-9)15-13(14-11)8-10-3-2-6-16-10/h2-7H,8H2,1H3,(H,14,15). The van der Waals surface area contributed by atoms with E-state index < -0.39 is 0 Å². The fourth-order valence-electron chi connectivity index (χ4n) is 1.84. The van der Waals surface area contributed by atoms with Crippen LogP contribution in [0, 0.1) is 6.92 Å². The number of aromatic nitrogens is 2. The van der Waals surface area contributed by atoms with E-state index >= 15 is 0 Å². The SMILES string of the molecule is Cc1ccc2nc(Cc3cccs3)[nH]c2c1. The summed E-state index contributed by atoms with van der Waals surface area (Å²) in [4.78, 5) is 9.29. The lowest BCUT2D eigenvalue weighted by Crippen LogP contribution is -1.86. The van der Waals surface area contributed by atoms with Crippen molar-refractivity contribution in [2.75, 3.05) is 0 Å². The van der Waals surface area contributed by atoms with Crippen LogP contribution in [0.25, 0.3) is 11.0 Å². The minimum atomic E-state index is 0.894. The molecule has 1 aromatic carbocycles. The van der Waals surface area contributed by atoms with E-state index in [4.69, 9.17) is 0 Å². The molecule has 2 aromatic heterocycles. The van der Waals surface area contributed by atoms with Crippen LogP contribution in [-0.4, -0.2) is 9.97 Å². The molecular formula is C13H12N2S. The summed E-state index contributed by atoms with van der Waals surface area (Å²) in [5.41, 5.74) is 3.45. The predicted molar refractivity (Wildman–Crippen MR) is 68.0 cm³/mol. The zero-order valence-electron chi connectivity index (χ0n) is 9.03. The molecule has 0 fully saturated rings. The molecule has 80 valence electrons. The van der Waals surface area contributed by atoms with Crippen molar-refractivity contribution in [3.05, 3.63) is 52.0 Å². The smallest absolute Gasteiger partial charge is 0.112 e. The maximum absolute atomic E-state index is 4.58. The molecule has 1 N–H and O–H groups in total. The summed E-state index contributed by atoms with van der Waals surface area (Å²) >= 11 is 1.77. The monoisotopic (exact) mass is 228 g/mol. The average molecular weight is 228 g/mol. The lowest BCUT2D eigenvalue weighted by atomic mass is 10.2. The van der Waals surface area contributed by atoms with Crippen molar-refractivity contribution >= 4 is 22.4 Å². The third-order valence-corrected chi connectivity index (χ3v) is 3.48. The van der Waals surface area contributed by atoms with Gasteiger partial charge < -0.3 is 4.98 Å². The molecule has 0 amide bonds. The van der Waals surface area contributed by atoms with E-state index in [9.17, 15) is 0 Å². The zero-order chi connectivity index (χ0) is 11.0. The van der Waals surface area contributed by atoms with E-state index in [0.29, 0.717) is 0 Å². The lowest BCUT2D eigenvalue weighted by Gasteiger charge is -1.90. The third-order valence-electron chi connectivity index (χ3n) is 2.61.